The molecule has 2 N–H and O–H groups in total. The maximum absolute atomic E-state index is 12.8. The number of nitriles is 1. The van der Waals surface area contributed by atoms with Crippen LogP contribution in [0.5, 0.6) is 11.5 Å². The molecule has 0 bridgehead atoms. The van der Waals surface area contributed by atoms with Gasteiger partial charge in [0.25, 0.3) is 0 Å². The average molecular weight is 527 g/mol. The fraction of sp³-hybridized carbons (Fsp3) is 0.308. The van der Waals surface area contributed by atoms with Gasteiger partial charge in [-0.15, -0.1) is 0 Å². The molecule has 7 nitrogen and oxygen atoms in total. The molecule has 0 fully saturated rings. The maximum atomic E-state index is 12.8. The van der Waals surface area contributed by atoms with Crippen LogP contribution >= 0.6 is 15.9 Å². The van der Waals surface area contributed by atoms with E-state index >= 15 is 0 Å². The van der Waals surface area contributed by atoms with E-state index in [1.807, 2.05) is 38.1 Å². The maximum Gasteiger partial charge on any atom is 0.338 e. The Labute approximate surface area is 207 Å². The normalized spacial score (nSPS) is 15.5. The second kappa shape index (κ2) is 11.1. The van der Waals surface area contributed by atoms with Gasteiger partial charge in [0.05, 0.1) is 29.2 Å². The van der Waals surface area contributed by atoms with Crippen LogP contribution in [-0.2, 0) is 20.9 Å². The van der Waals surface area contributed by atoms with E-state index < -0.39 is 11.9 Å². The summed E-state index contributed by atoms with van der Waals surface area (Å²) in [6.45, 7) is 8.16. The fourth-order valence-corrected chi connectivity index (χ4v) is 4.26. The van der Waals surface area contributed by atoms with Gasteiger partial charge in [0.2, 0.25) is 5.88 Å². The third kappa shape index (κ3) is 5.37. The Morgan fingerprint density at radius 2 is 1.85 bits per heavy atom. The van der Waals surface area contributed by atoms with Crippen molar-refractivity contribution in [3.8, 4) is 17.6 Å². The first-order chi connectivity index (χ1) is 16.3. The monoisotopic (exact) mass is 526 g/mol. The Kier molecular flexibility index (Phi) is 8.24. The summed E-state index contributed by atoms with van der Waals surface area (Å²) in [5.41, 5.74) is 9.15. The van der Waals surface area contributed by atoms with Gasteiger partial charge in [-0.1, -0.05) is 29.8 Å². The van der Waals surface area contributed by atoms with Crippen molar-refractivity contribution in [3.05, 3.63) is 80.3 Å². The van der Waals surface area contributed by atoms with Crippen molar-refractivity contribution < 1.29 is 23.7 Å². The number of benzene rings is 2. The van der Waals surface area contributed by atoms with Crippen LogP contribution in [0.2, 0.25) is 0 Å². The minimum atomic E-state index is -0.778. The highest BCUT2D eigenvalue weighted by Gasteiger charge is 2.37. The van der Waals surface area contributed by atoms with E-state index in [9.17, 15) is 10.1 Å². The van der Waals surface area contributed by atoms with Gasteiger partial charge in [-0.2, -0.15) is 5.26 Å². The molecule has 0 spiro atoms. The molecule has 0 aliphatic carbocycles. The highest BCUT2D eigenvalue weighted by atomic mass is 79.9. The lowest BCUT2D eigenvalue weighted by atomic mass is 9.83. The molecule has 1 aliphatic heterocycles. The minimum Gasteiger partial charge on any atom is -0.490 e. The summed E-state index contributed by atoms with van der Waals surface area (Å²) in [5.74, 6) is -0.117. The second-order valence-corrected chi connectivity index (χ2v) is 8.51. The SMILES string of the molecule is CCOC(=O)C1=C(C)OC(N)=C(C#N)C1c1cc(Br)c(OCc2ccc(C)cc2)c(OCC)c1. The number of nitrogens with two attached hydrogens (primary N) is 1. The first-order valence-electron chi connectivity index (χ1n) is 10.9. The van der Waals surface area contributed by atoms with Crippen molar-refractivity contribution in [1.29, 1.82) is 5.26 Å². The van der Waals surface area contributed by atoms with E-state index in [4.69, 9.17) is 24.7 Å². The highest BCUT2D eigenvalue weighted by Crippen LogP contribution is 2.45. The minimum absolute atomic E-state index is 0.0492. The summed E-state index contributed by atoms with van der Waals surface area (Å²) in [6.07, 6.45) is 0. The summed E-state index contributed by atoms with van der Waals surface area (Å²) in [7, 11) is 0. The van der Waals surface area contributed by atoms with Gasteiger partial charge in [-0.05, 0) is 66.9 Å². The smallest absolute Gasteiger partial charge is 0.338 e. The van der Waals surface area contributed by atoms with Crippen LogP contribution in [0.1, 0.15) is 43.4 Å². The van der Waals surface area contributed by atoms with Crippen molar-refractivity contribution >= 4 is 21.9 Å². The number of carbonyl (C=O) groups is 1. The number of rotatable bonds is 8. The number of esters is 1. The van der Waals surface area contributed by atoms with Crippen LogP contribution < -0.4 is 15.2 Å². The molecule has 1 heterocycles. The Balaban J connectivity index is 2.06. The molecule has 3 rings (SSSR count). The molecule has 2 aromatic rings. The lowest BCUT2D eigenvalue weighted by molar-refractivity contribution is -0.139. The highest BCUT2D eigenvalue weighted by molar-refractivity contribution is 9.10. The summed E-state index contributed by atoms with van der Waals surface area (Å²) < 4.78 is 23.3. The van der Waals surface area contributed by atoms with Gasteiger partial charge in [-0.3, -0.25) is 0 Å². The third-order valence-corrected chi connectivity index (χ3v) is 5.86. The molecule has 2 aromatic carbocycles. The number of aryl methyl sites for hydroxylation is 1. The van der Waals surface area contributed by atoms with E-state index in [-0.39, 0.29) is 29.4 Å². The summed E-state index contributed by atoms with van der Waals surface area (Å²) >= 11 is 3.58. The van der Waals surface area contributed by atoms with Crippen LogP contribution in [0.3, 0.4) is 0 Å². The number of hydrogen-bond acceptors (Lipinski definition) is 7. The fourth-order valence-electron chi connectivity index (χ4n) is 3.69. The van der Waals surface area contributed by atoms with Crippen LogP contribution in [0.25, 0.3) is 0 Å². The largest absolute Gasteiger partial charge is 0.490 e. The van der Waals surface area contributed by atoms with E-state index in [0.29, 0.717) is 34.7 Å². The zero-order valence-electron chi connectivity index (χ0n) is 19.6. The number of allylic oxidation sites excluding steroid dienone is 2. The van der Waals surface area contributed by atoms with Crippen molar-refractivity contribution in [2.45, 2.75) is 40.2 Å². The Morgan fingerprint density at radius 1 is 1.15 bits per heavy atom. The molecule has 178 valence electrons. The third-order valence-electron chi connectivity index (χ3n) is 5.27. The summed E-state index contributed by atoms with van der Waals surface area (Å²) in [5, 5.41) is 9.82. The average Bonchev–Trinajstić information content (AvgIpc) is 2.79. The van der Waals surface area contributed by atoms with Crippen LogP contribution in [0.15, 0.2) is 63.7 Å². The van der Waals surface area contributed by atoms with Crippen LogP contribution in [-0.4, -0.2) is 19.2 Å². The van der Waals surface area contributed by atoms with Crippen molar-refractivity contribution in [2.24, 2.45) is 5.73 Å². The van der Waals surface area contributed by atoms with Gasteiger partial charge >= 0.3 is 5.97 Å². The first-order valence-corrected chi connectivity index (χ1v) is 11.7. The van der Waals surface area contributed by atoms with E-state index in [1.165, 1.54) is 5.56 Å². The van der Waals surface area contributed by atoms with Gasteiger partial charge in [0.1, 0.15) is 24.0 Å². The Hall–Kier alpha value is -3.44. The zero-order chi connectivity index (χ0) is 24.8. The number of nitrogens with zero attached hydrogens (tertiary/aromatic N) is 1. The molecule has 1 aliphatic rings. The lowest BCUT2D eigenvalue weighted by Crippen LogP contribution is -2.25. The molecule has 0 saturated carbocycles. The topological polar surface area (TPSA) is 104 Å². The van der Waals surface area contributed by atoms with Crippen LogP contribution in [0, 0.1) is 18.3 Å². The number of hydrogen-bond donors (Lipinski definition) is 1. The van der Waals surface area contributed by atoms with E-state index in [0.717, 1.165) is 5.56 Å². The molecule has 8 heteroatoms. The first kappa shape index (κ1) is 25.2. The predicted octanol–water partition coefficient (Wildman–Crippen LogP) is 5.38. The standard InChI is InChI=1S/C26H27BrN2O5/c1-5-31-21-12-18(11-20(27)24(21)33-14-17-9-7-15(3)8-10-17)23-19(13-28)25(29)34-16(4)22(23)26(30)32-6-2/h7-12,23H,5-6,14,29H2,1-4H3. The molecular formula is C26H27BrN2O5. The van der Waals surface area contributed by atoms with Gasteiger partial charge in [0.15, 0.2) is 11.5 Å². The molecule has 1 unspecified atom stereocenters. The lowest BCUT2D eigenvalue weighted by Gasteiger charge is -2.27. The Morgan fingerprint density at radius 3 is 2.47 bits per heavy atom. The van der Waals surface area contributed by atoms with Crippen LogP contribution in [0.4, 0.5) is 0 Å². The molecule has 0 aromatic heterocycles. The molecule has 34 heavy (non-hydrogen) atoms. The van der Waals surface area contributed by atoms with E-state index in [1.54, 1.807) is 26.0 Å². The molecule has 0 saturated heterocycles. The number of halogens is 1. The van der Waals surface area contributed by atoms with Gasteiger partial charge in [0, 0.05) is 0 Å². The summed E-state index contributed by atoms with van der Waals surface area (Å²) in [6, 6.07) is 13.7. The molecular weight excluding hydrogens is 500 g/mol. The van der Waals surface area contributed by atoms with Crippen molar-refractivity contribution in [1.82, 2.24) is 0 Å². The second-order valence-electron chi connectivity index (χ2n) is 7.65. The molecule has 1 atom stereocenters. The van der Waals surface area contributed by atoms with Gasteiger partial charge in [-0.25, -0.2) is 4.79 Å². The van der Waals surface area contributed by atoms with Gasteiger partial charge < -0.3 is 24.7 Å². The van der Waals surface area contributed by atoms with Crippen molar-refractivity contribution in [2.75, 3.05) is 13.2 Å². The zero-order valence-corrected chi connectivity index (χ0v) is 21.2. The van der Waals surface area contributed by atoms with Crippen molar-refractivity contribution in [3.63, 3.8) is 0 Å². The molecule has 0 amide bonds. The Bertz CT molecular complexity index is 1180. The predicted molar refractivity (Wildman–Crippen MR) is 131 cm³/mol. The summed E-state index contributed by atoms with van der Waals surface area (Å²) in [4.78, 5) is 12.8. The number of carbonyl (C=O) groups excluding carboxylic acids is 1. The quantitative estimate of drug-likeness (QED) is 0.460. The molecule has 0 radical (unpaired) electrons. The number of ether oxygens (including phenoxy) is 4. The van der Waals surface area contributed by atoms with E-state index in [2.05, 4.69) is 22.0 Å².